The molecule has 3 aromatic rings. The minimum Gasteiger partial charge on any atom is -0.506 e. The summed E-state index contributed by atoms with van der Waals surface area (Å²) < 4.78 is 0. The van der Waals surface area contributed by atoms with E-state index in [1.807, 2.05) is 24.3 Å². The highest BCUT2D eigenvalue weighted by molar-refractivity contribution is 6.20. The molecule has 1 aliphatic heterocycles. The summed E-state index contributed by atoms with van der Waals surface area (Å²) in [5, 5.41) is 11.8. The lowest BCUT2D eigenvalue weighted by Crippen LogP contribution is -2.52. The molecule has 2 heterocycles. The van der Waals surface area contributed by atoms with E-state index in [1.54, 1.807) is 6.07 Å². The summed E-state index contributed by atoms with van der Waals surface area (Å²) in [6, 6.07) is 10.1. The van der Waals surface area contributed by atoms with E-state index in [9.17, 15) is 9.90 Å². The number of aromatic hydroxyl groups is 1. The van der Waals surface area contributed by atoms with Crippen molar-refractivity contribution >= 4 is 28.1 Å². The molecule has 3 aliphatic rings. The van der Waals surface area contributed by atoms with Gasteiger partial charge in [-0.05, 0) is 42.7 Å². The highest BCUT2D eigenvalue weighted by Gasteiger charge is 2.41. The number of nitrogens with two attached hydrogens (primary N) is 1. The van der Waals surface area contributed by atoms with Crippen molar-refractivity contribution in [3.8, 4) is 5.75 Å². The number of aromatic nitrogens is 1. The molecule has 1 saturated carbocycles. The Hall–Kier alpha value is -2.99. The van der Waals surface area contributed by atoms with Gasteiger partial charge in [-0.3, -0.25) is 9.69 Å². The van der Waals surface area contributed by atoms with Gasteiger partial charge in [0.05, 0.1) is 11.3 Å². The molecule has 0 radical (unpaired) electrons. The standard InChI is InChI=1S/C26H30N4O2/c1-26(2)19-14-21(30-10-8-29(9-11-30)16-4-3-5-16)22(31)13-18(19)24(32)23-17-7-6-15(27)12-20(17)28-25(23)26/h6-7,12-14,16,28,31H,3-5,8-11,27H2,1-2H3. The number of aromatic amines is 1. The van der Waals surface area contributed by atoms with E-state index < -0.39 is 5.41 Å². The predicted octanol–water partition coefficient (Wildman–Crippen LogP) is 4.00. The number of rotatable bonds is 2. The average Bonchev–Trinajstić information content (AvgIpc) is 3.11. The fourth-order valence-electron chi connectivity index (χ4n) is 5.80. The van der Waals surface area contributed by atoms with E-state index in [0.717, 1.165) is 60.1 Å². The van der Waals surface area contributed by atoms with Gasteiger partial charge < -0.3 is 20.7 Å². The van der Waals surface area contributed by atoms with Gasteiger partial charge in [0, 0.05) is 65.5 Å². The number of carbonyl (C=O) groups excluding carboxylic acids is 1. The van der Waals surface area contributed by atoms with Gasteiger partial charge in [-0.2, -0.15) is 0 Å². The van der Waals surface area contributed by atoms with Gasteiger partial charge in [0.2, 0.25) is 0 Å². The van der Waals surface area contributed by atoms with Crippen molar-refractivity contribution < 1.29 is 9.90 Å². The van der Waals surface area contributed by atoms with Crippen molar-refractivity contribution in [3.05, 3.63) is 52.7 Å². The SMILES string of the molecule is CC1(C)c2cc(N3CCN(C4CCC4)CC3)c(O)cc2C(=O)c2c1[nH]c1cc(N)ccc21. The fourth-order valence-corrected chi connectivity index (χ4v) is 5.80. The maximum atomic E-state index is 13.6. The largest absolute Gasteiger partial charge is 0.506 e. The monoisotopic (exact) mass is 430 g/mol. The van der Waals surface area contributed by atoms with Crippen LogP contribution in [0.2, 0.25) is 0 Å². The number of nitrogen functional groups attached to an aromatic ring is 1. The minimum absolute atomic E-state index is 0.0398. The zero-order chi connectivity index (χ0) is 22.2. The summed E-state index contributed by atoms with van der Waals surface area (Å²) >= 11 is 0. The number of nitrogens with zero attached hydrogens (tertiary/aromatic N) is 2. The second-order valence-corrected chi connectivity index (χ2v) is 10.1. The summed E-state index contributed by atoms with van der Waals surface area (Å²) in [6.07, 6.45) is 3.99. The number of fused-ring (bicyclic) bond motifs is 4. The molecule has 2 aliphatic carbocycles. The van der Waals surface area contributed by atoms with Gasteiger partial charge in [0.25, 0.3) is 0 Å². The van der Waals surface area contributed by atoms with E-state index in [-0.39, 0.29) is 11.5 Å². The summed E-state index contributed by atoms with van der Waals surface area (Å²) in [7, 11) is 0. The third-order valence-corrected chi connectivity index (χ3v) is 7.95. The molecule has 1 aromatic heterocycles. The molecule has 6 nitrogen and oxygen atoms in total. The molecule has 2 fully saturated rings. The zero-order valence-electron chi connectivity index (χ0n) is 18.7. The van der Waals surface area contributed by atoms with Gasteiger partial charge in [-0.1, -0.05) is 26.3 Å². The van der Waals surface area contributed by atoms with Gasteiger partial charge >= 0.3 is 0 Å². The van der Waals surface area contributed by atoms with E-state index in [4.69, 9.17) is 5.73 Å². The first kappa shape index (κ1) is 19.7. The summed E-state index contributed by atoms with van der Waals surface area (Å²) in [5.41, 5.74) is 11.1. The predicted molar refractivity (Wildman–Crippen MR) is 128 cm³/mol. The van der Waals surface area contributed by atoms with E-state index in [1.165, 1.54) is 19.3 Å². The second-order valence-electron chi connectivity index (χ2n) is 10.1. The zero-order valence-corrected chi connectivity index (χ0v) is 18.7. The van der Waals surface area contributed by atoms with Gasteiger partial charge in [-0.15, -0.1) is 0 Å². The first-order valence-electron chi connectivity index (χ1n) is 11.7. The van der Waals surface area contributed by atoms with Crippen molar-refractivity contribution in [1.82, 2.24) is 9.88 Å². The number of benzene rings is 2. The van der Waals surface area contributed by atoms with Crippen LogP contribution in [0.3, 0.4) is 0 Å². The molecule has 0 bridgehead atoms. The molecule has 4 N–H and O–H groups in total. The molecule has 6 heteroatoms. The quantitative estimate of drug-likeness (QED) is 0.535. The van der Waals surface area contributed by atoms with E-state index >= 15 is 0 Å². The van der Waals surface area contributed by atoms with Crippen molar-refractivity contribution in [2.45, 2.75) is 44.6 Å². The number of piperazine rings is 1. The smallest absolute Gasteiger partial charge is 0.195 e. The average molecular weight is 431 g/mol. The number of H-pyrrole nitrogens is 1. The van der Waals surface area contributed by atoms with Crippen LogP contribution in [0.1, 0.15) is 60.3 Å². The second kappa shape index (κ2) is 6.75. The van der Waals surface area contributed by atoms with Crippen molar-refractivity contribution in [2.24, 2.45) is 0 Å². The Morgan fingerprint density at radius 3 is 2.53 bits per heavy atom. The highest BCUT2D eigenvalue weighted by atomic mass is 16.3. The number of phenolic OH excluding ortho intramolecular Hbond substituents is 1. The number of hydrogen-bond donors (Lipinski definition) is 3. The Bertz CT molecular complexity index is 1250. The molecule has 1 saturated heterocycles. The molecular formula is C26H30N4O2. The van der Waals surface area contributed by atoms with Gasteiger partial charge in [-0.25, -0.2) is 0 Å². The van der Waals surface area contributed by atoms with E-state index in [0.29, 0.717) is 16.8 Å². The van der Waals surface area contributed by atoms with Crippen LogP contribution in [-0.2, 0) is 5.41 Å². The lowest BCUT2D eigenvalue weighted by molar-refractivity contribution is 0.103. The molecular weight excluding hydrogens is 400 g/mol. The maximum Gasteiger partial charge on any atom is 0.195 e. The third-order valence-electron chi connectivity index (χ3n) is 7.95. The van der Waals surface area contributed by atoms with Crippen LogP contribution in [-0.4, -0.2) is 53.0 Å². The first-order chi connectivity index (χ1) is 15.3. The molecule has 6 rings (SSSR count). The molecule has 0 atom stereocenters. The van der Waals surface area contributed by atoms with E-state index in [2.05, 4.69) is 28.6 Å². The van der Waals surface area contributed by atoms with Crippen LogP contribution in [0.5, 0.6) is 5.75 Å². The van der Waals surface area contributed by atoms with Crippen LogP contribution in [0.15, 0.2) is 30.3 Å². The number of anilines is 2. The molecule has 0 amide bonds. The molecule has 32 heavy (non-hydrogen) atoms. The summed E-state index contributed by atoms with van der Waals surface area (Å²) in [6.45, 7) is 8.13. The Morgan fingerprint density at radius 2 is 1.84 bits per heavy atom. The summed E-state index contributed by atoms with van der Waals surface area (Å²) in [4.78, 5) is 21.9. The Balaban J connectivity index is 1.40. The molecule has 2 aromatic carbocycles. The topological polar surface area (TPSA) is 85.6 Å². The number of phenols is 1. The number of hydrogen-bond acceptors (Lipinski definition) is 5. The van der Waals surface area contributed by atoms with Gasteiger partial charge in [0.15, 0.2) is 5.78 Å². The fraction of sp³-hybridized carbons (Fsp3) is 0.423. The minimum atomic E-state index is -0.400. The third kappa shape index (κ3) is 2.72. The first-order valence-corrected chi connectivity index (χ1v) is 11.7. The number of carbonyl (C=O) groups is 1. The maximum absolute atomic E-state index is 13.6. The van der Waals surface area contributed by atoms with Crippen molar-refractivity contribution in [3.63, 3.8) is 0 Å². The van der Waals surface area contributed by atoms with Crippen LogP contribution in [0.4, 0.5) is 11.4 Å². The number of nitrogens with one attached hydrogen (secondary N) is 1. The van der Waals surface area contributed by atoms with Crippen LogP contribution in [0.25, 0.3) is 10.9 Å². The Kier molecular flexibility index (Phi) is 4.15. The Morgan fingerprint density at radius 1 is 1.09 bits per heavy atom. The lowest BCUT2D eigenvalue weighted by Gasteiger charge is -2.44. The molecule has 0 unspecified atom stereocenters. The number of ketones is 1. The molecule has 166 valence electrons. The lowest BCUT2D eigenvalue weighted by atomic mass is 9.71. The Labute approximate surface area is 188 Å². The molecule has 0 spiro atoms. The normalized spacial score (nSPS) is 20.8. The van der Waals surface area contributed by atoms with Crippen molar-refractivity contribution in [2.75, 3.05) is 36.8 Å². The van der Waals surface area contributed by atoms with Crippen LogP contribution >= 0.6 is 0 Å². The summed E-state index contributed by atoms with van der Waals surface area (Å²) in [5.74, 6) is 0.152. The van der Waals surface area contributed by atoms with Crippen molar-refractivity contribution in [1.29, 1.82) is 0 Å². The van der Waals surface area contributed by atoms with Crippen LogP contribution in [0, 0.1) is 0 Å². The van der Waals surface area contributed by atoms with Crippen LogP contribution < -0.4 is 10.6 Å². The highest BCUT2D eigenvalue weighted by Crippen LogP contribution is 2.47. The van der Waals surface area contributed by atoms with Gasteiger partial charge in [0.1, 0.15) is 5.75 Å².